The van der Waals surface area contributed by atoms with Gasteiger partial charge in [-0.1, -0.05) is 54.6 Å². The fourth-order valence-corrected chi connectivity index (χ4v) is 4.38. The fourth-order valence-electron chi connectivity index (χ4n) is 4.38. The lowest BCUT2D eigenvalue weighted by atomic mass is 9.86. The van der Waals surface area contributed by atoms with E-state index >= 15 is 0 Å². The van der Waals surface area contributed by atoms with Crippen molar-refractivity contribution < 1.29 is 19.4 Å². The maximum Gasteiger partial charge on any atom is 0.339 e. The van der Waals surface area contributed by atoms with Crippen LogP contribution in [-0.4, -0.2) is 23.1 Å². The molecule has 1 N–H and O–H groups in total. The van der Waals surface area contributed by atoms with E-state index in [0.717, 1.165) is 37.7 Å². The molecule has 0 aliphatic rings. The first-order chi connectivity index (χ1) is 14.0. The van der Waals surface area contributed by atoms with Crippen LogP contribution in [0, 0.1) is 0 Å². The number of carboxylic acids is 1. The molecular weight excluding hydrogens is 364 g/mol. The molecule has 5 aromatic carbocycles. The van der Waals surface area contributed by atoms with Crippen LogP contribution in [0.5, 0.6) is 0 Å². The Hall–Kier alpha value is -3.66. The Balaban J connectivity index is 2.12. The normalized spacial score (nSPS) is 11.8. The third kappa shape index (κ3) is 2.46. The molecule has 0 aliphatic heterocycles. The highest BCUT2D eigenvalue weighted by Gasteiger charge is 2.26. The number of hydrogen-bond donors (Lipinski definition) is 1. The number of aromatic carboxylic acids is 1. The number of rotatable bonds is 3. The monoisotopic (exact) mass is 382 g/mol. The van der Waals surface area contributed by atoms with Gasteiger partial charge in [0.05, 0.1) is 17.2 Å². The van der Waals surface area contributed by atoms with Crippen molar-refractivity contribution in [1.29, 1.82) is 0 Å². The third-order valence-corrected chi connectivity index (χ3v) is 5.41. The highest BCUT2D eigenvalue weighted by molar-refractivity contribution is 6.36. The molecule has 0 fully saturated rings. The SMILES string of the molecule is CC(C)OC(=O)c1c(C(=O)O)cc2cccc3c4cccc5cccc(c1c23)c54. The zero-order valence-electron chi connectivity index (χ0n) is 16.0. The van der Waals surface area contributed by atoms with Gasteiger partial charge >= 0.3 is 11.9 Å². The molecule has 0 aromatic heterocycles. The largest absolute Gasteiger partial charge is 0.478 e. The average Bonchev–Trinajstić information content (AvgIpc) is 2.70. The van der Waals surface area contributed by atoms with Crippen LogP contribution in [0.15, 0.2) is 60.7 Å². The standard InChI is InChI=1S/C25H18O4/c1-13(2)29-25(28)23-19(24(26)27)12-15-8-5-10-17-16-9-3-6-14-7-4-11-18(20(14)16)22(23)21(15)17/h3-13H,1-2H3,(H,26,27). The Labute approximate surface area is 166 Å². The topological polar surface area (TPSA) is 63.6 Å². The predicted molar refractivity (Wildman–Crippen MR) is 115 cm³/mol. The van der Waals surface area contributed by atoms with E-state index in [4.69, 9.17) is 4.74 Å². The Morgan fingerprint density at radius 3 is 2.00 bits per heavy atom. The van der Waals surface area contributed by atoms with Gasteiger partial charge in [-0.05, 0) is 57.6 Å². The molecule has 5 aromatic rings. The van der Waals surface area contributed by atoms with Crippen molar-refractivity contribution in [2.45, 2.75) is 20.0 Å². The van der Waals surface area contributed by atoms with Crippen LogP contribution in [0.1, 0.15) is 34.6 Å². The summed E-state index contributed by atoms with van der Waals surface area (Å²) >= 11 is 0. The van der Waals surface area contributed by atoms with Gasteiger partial charge in [0.15, 0.2) is 0 Å². The summed E-state index contributed by atoms with van der Waals surface area (Å²) in [5.41, 5.74) is 0.0832. The quantitative estimate of drug-likeness (QED) is 0.236. The van der Waals surface area contributed by atoms with E-state index in [0.29, 0.717) is 5.39 Å². The number of carbonyl (C=O) groups excluding carboxylic acids is 1. The zero-order chi connectivity index (χ0) is 20.3. The molecule has 0 saturated heterocycles. The van der Waals surface area contributed by atoms with Crippen LogP contribution >= 0.6 is 0 Å². The average molecular weight is 382 g/mol. The minimum Gasteiger partial charge on any atom is -0.478 e. The molecule has 5 rings (SSSR count). The minimum atomic E-state index is -1.14. The van der Waals surface area contributed by atoms with Gasteiger partial charge in [0.1, 0.15) is 0 Å². The van der Waals surface area contributed by atoms with Crippen molar-refractivity contribution in [2.75, 3.05) is 0 Å². The van der Waals surface area contributed by atoms with Crippen molar-refractivity contribution in [3.63, 3.8) is 0 Å². The van der Waals surface area contributed by atoms with Gasteiger partial charge in [-0.3, -0.25) is 0 Å². The number of fused-ring (bicyclic) bond motifs is 2. The molecule has 4 heteroatoms. The Bertz CT molecular complexity index is 1440. The van der Waals surface area contributed by atoms with E-state index in [9.17, 15) is 14.7 Å². The molecule has 0 bridgehead atoms. The molecule has 142 valence electrons. The van der Waals surface area contributed by atoms with E-state index in [2.05, 4.69) is 6.07 Å². The van der Waals surface area contributed by atoms with Crippen molar-refractivity contribution in [1.82, 2.24) is 0 Å². The number of ether oxygens (including phenoxy) is 1. The van der Waals surface area contributed by atoms with Crippen LogP contribution < -0.4 is 0 Å². The molecule has 0 spiro atoms. The number of esters is 1. The molecule has 0 aliphatic carbocycles. The number of benzene rings is 5. The highest BCUT2D eigenvalue weighted by Crippen LogP contribution is 2.42. The first kappa shape index (κ1) is 17.4. The fraction of sp³-hybridized carbons (Fsp3) is 0.120. The Morgan fingerprint density at radius 2 is 1.38 bits per heavy atom. The molecule has 0 amide bonds. The Morgan fingerprint density at radius 1 is 0.793 bits per heavy atom. The van der Waals surface area contributed by atoms with Gasteiger partial charge in [-0.2, -0.15) is 0 Å². The van der Waals surface area contributed by atoms with Crippen LogP contribution in [-0.2, 0) is 4.74 Å². The summed E-state index contributed by atoms with van der Waals surface area (Å²) in [6, 6.07) is 19.4. The van der Waals surface area contributed by atoms with E-state index in [1.54, 1.807) is 19.9 Å². The van der Waals surface area contributed by atoms with Crippen molar-refractivity contribution >= 4 is 55.0 Å². The minimum absolute atomic E-state index is 0.0355. The van der Waals surface area contributed by atoms with E-state index < -0.39 is 11.9 Å². The van der Waals surface area contributed by atoms with Crippen molar-refractivity contribution in [2.24, 2.45) is 0 Å². The van der Waals surface area contributed by atoms with E-state index in [1.807, 2.05) is 48.5 Å². The molecular formula is C25H18O4. The molecule has 0 radical (unpaired) electrons. The van der Waals surface area contributed by atoms with Crippen LogP contribution in [0.25, 0.3) is 43.1 Å². The number of hydrogen-bond acceptors (Lipinski definition) is 3. The summed E-state index contributed by atoms with van der Waals surface area (Å²) in [5.74, 6) is -1.75. The first-order valence-corrected chi connectivity index (χ1v) is 9.54. The highest BCUT2D eigenvalue weighted by atomic mass is 16.5. The molecule has 0 unspecified atom stereocenters. The van der Waals surface area contributed by atoms with E-state index in [1.165, 1.54) is 0 Å². The summed E-state index contributed by atoms with van der Waals surface area (Å²) < 4.78 is 5.46. The molecule has 29 heavy (non-hydrogen) atoms. The predicted octanol–water partition coefficient (Wildman–Crippen LogP) is 6.00. The van der Waals surface area contributed by atoms with Gasteiger partial charge < -0.3 is 9.84 Å². The molecule has 4 nitrogen and oxygen atoms in total. The lowest BCUT2D eigenvalue weighted by Crippen LogP contribution is -2.16. The summed E-state index contributed by atoms with van der Waals surface area (Å²) in [5, 5.41) is 17.2. The third-order valence-electron chi connectivity index (χ3n) is 5.41. The Kier molecular flexibility index (Phi) is 3.71. The second-order valence-corrected chi connectivity index (χ2v) is 7.55. The van der Waals surface area contributed by atoms with Crippen LogP contribution in [0.4, 0.5) is 0 Å². The van der Waals surface area contributed by atoms with Crippen molar-refractivity contribution in [3.8, 4) is 0 Å². The summed E-state index contributed by atoms with van der Waals surface area (Å²) in [4.78, 5) is 25.2. The van der Waals surface area contributed by atoms with Gasteiger partial charge in [0.2, 0.25) is 0 Å². The summed E-state index contributed by atoms with van der Waals surface area (Å²) in [6.07, 6.45) is -0.353. The van der Waals surface area contributed by atoms with Gasteiger partial charge in [-0.25, -0.2) is 9.59 Å². The second kappa shape index (κ2) is 6.17. The lowest BCUT2D eigenvalue weighted by Gasteiger charge is -2.19. The summed E-state index contributed by atoms with van der Waals surface area (Å²) in [7, 11) is 0. The molecule has 0 atom stereocenters. The smallest absolute Gasteiger partial charge is 0.339 e. The van der Waals surface area contributed by atoms with Crippen LogP contribution in [0.3, 0.4) is 0 Å². The molecule has 0 heterocycles. The summed E-state index contributed by atoms with van der Waals surface area (Å²) in [6.45, 7) is 3.51. The number of carboxylic acid groups (broad SMARTS) is 1. The van der Waals surface area contributed by atoms with Gasteiger partial charge in [0.25, 0.3) is 0 Å². The van der Waals surface area contributed by atoms with Gasteiger partial charge in [0, 0.05) is 5.39 Å². The van der Waals surface area contributed by atoms with Crippen LogP contribution in [0.2, 0.25) is 0 Å². The molecule has 0 saturated carbocycles. The van der Waals surface area contributed by atoms with Crippen molar-refractivity contribution in [3.05, 3.63) is 71.8 Å². The first-order valence-electron chi connectivity index (χ1n) is 9.54. The maximum atomic E-state index is 13.1. The second-order valence-electron chi connectivity index (χ2n) is 7.55. The lowest BCUT2D eigenvalue weighted by molar-refractivity contribution is 0.0373. The number of carbonyl (C=O) groups is 2. The van der Waals surface area contributed by atoms with E-state index in [-0.39, 0.29) is 17.2 Å². The van der Waals surface area contributed by atoms with Gasteiger partial charge in [-0.15, -0.1) is 0 Å². The maximum absolute atomic E-state index is 13.1. The zero-order valence-corrected chi connectivity index (χ0v) is 16.0.